The van der Waals surface area contributed by atoms with E-state index in [1.54, 1.807) is 55.4 Å². The van der Waals surface area contributed by atoms with Crippen LogP contribution in [0.3, 0.4) is 0 Å². The molecule has 0 aliphatic heterocycles. The van der Waals surface area contributed by atoms with Crippen LogP contribution in [0.1, 0.15) is 67.4 Å². The smallest absolute Gasteiger partial charge is 0.346 e. The van der Waals surface area contributed by atoms with Crippen molar-refractivity contribution < 1.29 is 36.8 Å². The van der Waals surface area contributed by atoms with E-state index in [9.17, 15) is 13.9 Å². The molecule has 0 N–H and O–H groups in total. The molecule has 0 amide bonds. The van der Waals surface area contributed by atoms with Gasteiger partial charge in [0.25, 0.3) is 0 Å². The number of hydrogen-bond donors (Lipinski definition) is 0. The molecule has 0 saturated carbocycles. The molecule has 8 nitrogen and oxygen atoms in total. The summed E-state index contributed by atoms with van der Waals surface area (Å²) >= 11 is 0. The zero-order chi connectivity index (χ0) is 24.5. The summed E-state index contributed by atoms with van der Waals surface area (Å²) in [6.07, 6.45) is -2.59. The van der Waals surface area contributed by atoms with Crippen LogP contribution in [-0.2, 0) is 43.4 Å². The van der Waals surface area contributed by atoms with Crippen LogP contribution in [0.15, 0.2) is 30.3 Å². The molecular weight excluding hydrogens is 454 g/mol. The fraction of sp³-hybridized carbons (Fsp3) is 0.682. The second kappa shape index (κ2) is 13.0. The van der Waals surface area contributed by atoms with E-state index in [-0.39, 0.29) is 6.61 Å². The third kappa shape index (κ3) is 9.86. The Labute approximate surface area is 192 Å². The van der Waals surface area contributed by atoms with Gasteiger partial charge in [-0.25, -0.2) is 0 Å². The zero-order valence-corrected chi connectivity index (χ0v) is 22.1. The molecular formula is C22H38O8P2. The number of carbonyl (C=O) groups excluding carboxylic acids is 1. The fourth-order valence-corrected chi connectivity index (χ4v) is 8.65. The van der Waals surface area contributed by atoms with Crippen LogP contribution in [0.5, 0.6) is 0 Å². The Morgan fingerprint density at radius 2 is 1.09 bits per heavy atom. The van der Waals surface area contributed by atoms with E-state index >= 15 is 0 Å². The van der Waals surface area contributed by atoms with Gasteiger partial charge in [0.05, 0.1) is 30.8 Å². The van der Waals surface area contributed by atoms with Crippen molar-refractivity contribution in [3.05, 3.63) is 35.9 Å². The molecule has 1 aromatic rings. The Hall–Kier alpha value is -1.01. The van der Waals surface area contributed by atoms with Crippen molar-refractivity contribution in [3.8, 4) is 0 Å². The summed E-state index contributed by atoms with van der Waals surface area (Å²) in [7, 11) is -8.28. The van der Waals surface area contributed by atoms with Gasteiger partial charge in [0.15, 0.2) is 5.40 Å². The Morgan fingerprint density at radius 1 is 0.719 bits per heavy atom. The topological polar surface area (TPSA) is 97.4 Å². The van der Waals surface area contributed by atoms with E-state index in [1.165, 1.54) is 0 Å². The van der Waals surface area contributed by atoms with E-state index in [0.717, 1.165) is 5.56 Å². The van der Waals surface area contributed by atoms with Gasteiger partial charge in [-0.3, -0.25) is 13.9 Å². The standard InChI is InChI=1S/C22H38O8P2/c1-16(2)27-31(24,28-17(3)4)22(32(25,29-18(5)6)30-19(7)8)14-21(23)26-15-20-12-10-9-11-13-20/h9-13,16-19,22H,14-15H2,1-8H3. The summed E-state index contributed by atoms with van der Waals surface area (Å²) in [4.78, 5) is 12.8. The highest BCUT2D eigenvalue weighted by molar-refractivity contribution is 7.72. The van der Waals surface area contributed by atoms with Crippen molar-refractivity contribution in [1.29, 1.82) is 0 Å². The molecule has 0 fully saturated rings. The summed E-state index contributed by atoms with van der Waals surface area (Å²) in [5.74, 6) is -0.710. The molecule has 0 spiro atoms. The van der Waals surface area contributed by atoms with Gasteiger partial charge in [0.1, 0.15) is 6.61 Å². The molecule has 0 unspecified atom stereocenters. The summed E-state index contributed by atoms with van der Waals surface area (Å²) in [5.41, 5.74) is 0.789. The van der Waals surface area contributed by atoms with Crippen molar-refractivity contribution in [2.45, 2.75) is 98.2 Å². The lowest BCUT2D eigenvalue weighted by atomic mass is 10.2. The molecule has 0 bridgehead atoms. The highest BCUT2D eigenvalue weighted by Crippen LogP contribution is 2.73. The first-order valence-corrected chi connectivity index (χ1v) is 14.1. The van der Waals surface area contributed by atoms with Gasteiger partial charge in [-0.05, 0) is 61.0 Å². The summed E-state index contributed by atoms with van der Waals surface area (Å²) in [5, 5.41) is -1.48. The van der Waals surface area contributed by atoms with Gasteiger partial charge in [-0.1, -0.05) is 30.3 Å². The lowest BCUT2D eigenvalue weighted by Crippen LogP contribution is -2.26. The minimum absolute atomic E-state index is 0.0210. The summed E-state index contributed by atoms with van der Waals surface area (Å²) in [6.45, 7) is 13.5. The number of carbonyl (C=O) groups is 1. The van der Waals surface area contributed by atoms with E-state index in [2.05, 4.69) is 0 Å². The van der Waals surface area contributed by atoms with Crippen LogP contribution in [0.4, 0.5) is 0 Å². The third-order valence-electron chi connectivity index (χ3n) is 3.75. The van der Waals surface area contributed by atoms with Crippen molar-refractivity contribution >= 4 is 21.2 Å². The zero-order valence-electron chi connectivity index (χ0n) is 20.3. The molecule has 0 saturated heterocycles. The predicted octanol–water partition coefficient (Wildman–Crippen LogP) is 6.53. The number of esters is 1. The van der Waals surface area contributed by atoms with Crippen LogP contribution in [0.2, 0.25) is 0 Å². The Kier molecular flexibility index (Phi) is 11.8. The van der Waals surface area contributed by atoms with E-state index in [4.69, 9.17) is 22.8 Å². The Balaban J connectivity index is 3.34. The molecule has 0 radical (unpaired) electrons. The Bertz CT molecular complexity index is 726. The van der Waals surface area contributed by atoms with E-state index in [1.807, 2.05) is 30.3 Å². The van der Waals surface area contributed by atoms with Crippen LogP contribution < -0.4 is 0 Å². The molecule has 0 aliphatic carbocycles. The molecule has 184 valence electrons. The SMILES string of the molecule is CC(C)OP(=O)(OC(C)C)C(CC(=O)OCc1ccccc1)P(=O)(OC(C)C)OC(C)C. The molecule has 1 aromatic carbocycles. The van der Waals surface area contributed by atoms with Gasteiger partial charge < -0.3 is 22.8 Å². The molecule has 32 heavy (non-hydrogen) atoms. The largest absolute Gasteiger partial charge is 0.461 e. The normalized spacial score (nSPS) is 13.0. The maximum Gasteiger partial charge on any atom is 0.346 e. The lowest BCUT2D eigenvalue weighted by Gasteiger charge is -2.34. The summed E-state index contributed by atoms with van der Waals surface area (Å²) < 4.78 is 56.0. The second-order valence-electron chi connectivity index (χ2n) is 8.53. The van der Waals surface area contributed by atoms with Gasteiger partial charge >= 0.3 is 21.2 Å². The Morgan fingerprint density at radius 3 is 1.44 bits per heavy atom. The first kappa shape index (κ1) is 29.0. The average Bonchev–Trinajstić information content (AvgIpc) is 2.62. The molecule has 0 aliphatic rings. The number of rotatable bonds is 14. The molecule has 0 heterocycles. The minimum Gasteiger partial charge on any atom is -0.461 e. The van der Waals surface area contributed by atoms with Crippen molar-refractivity contribution in [3.63, 3.8) is 0 Å². The highest BCUT2D eigenvalue weighted by atomic mass is 31.2. The van der Waals surface area contributed by atoms with E-state index < -0.39 is 57.4 Å². The van der Waals surface area contributed by atoms with Gasteiger partial charge in [0.2, 0.25) is 0 Å². The maximum absolute atomic E-state index is 14.0. The first-order valence-electron chi connectivity index (χ1n) is 10.9. The first-order chi connectivity index (χ1) is 14.8. The van der Waals surface area contributed by atoms with E-state index in [0.29, 0.717) is 0 Å². The van der Waals surface area contributed by atoms with Crippen LogP contribution >= 0.6 is 15.2 Å². The predicted molar refractivity (Wildman–Crippen MR) is 125 cm³/mol. The lowest BCUT2D eigenvalue weighted by molar-refractivity contribution is -0.144. The fourth-order valence-electron chi connectivity index (χ4n) is 2.85. The average molecular weight is 492 g/mol. The van der Waals surface area contributed by atoms with Crippen LogP contribution in [-0.4, -0.2) is 35.8 Å². The number of hydrogen-bond acceptors (Lipinski definition) is 8. The van der Waals surface area contributed by atoms with Crippen molar-refractivity contribution in [2.75, 3.05) is 0 Å². The van der Waals surface area contributed by atoms with Gasteiger partial charge in [0, 0.05) is 0 Å². The summed E-state index contributed by atoms with van der Waals surface area (Å²) in [6, 6.07) is 9.14. The number of benzene rings is 1. The monoisotopic (exact) mass is 492 g/mol. The second-order valence-corrected chi connectivity index (χ2v) is 13.2. The maximum atomic E-state index is 14.0. The molecule has 1 rings (SSSR count). The van der Waals surface area contributed by atoms with Crippen molar-refractivity contribution in [2.24, 2.45) is 0 Å². The quantitative estimate of drug-likeness (QED) is 0.214. The molecule has 10 heteroatoms. The third-order valence-corrected chi connectivity index (χ3v) is 10.1. The molecule has 0 aromatic heterocycles. The minimum atomic E-state index is -4.14. The van der Waals surface area contributed by atoms with Gasteiger partial charge in [-0.15, -0.1) is 0 Å². The van der Waals surface area contributed by atoms with Crippen molar-refractivity contribution in [1.82, 2.24) is 0 Å². The number of ether oxygens (including phenoxy) is 1. The van der Waals surface area contributed by atoms with Crippen LogP contribution in [0, 0.1) is 0 Å². The van der Waals surface area contributed by atoms with Crippen LogP contribution in [0.25, 0.3) is 0 Å². The molecule has 0 atom stereocenters. The van der Waals surface area contributed by atoms with Gasteiger partial charge in [-0.2, -0.15) is 0 Å². The highest BCUT2D eigenvalue weighted by Gasteiger charge is 2.54.